The van der Waals surface area contributed by atoms with Crippen LogP contribution in [0.25, 0.3) is 11.2 Å². The number of piperidine rings is 1. The van der Waals surface area contributed by atoms with Crippen LogP contribution in [0.3, 0.4) is 0 Å². The van der Waals surface area contributed by atoms with Gasteiger partial charge in [0.25, 0.3) is 5.91 Å². The molecular formula is C29H33F6N5O5S. The van der Waals surface area contributed by atoms with Gasteiger partial charge in [0.2, 0.25) is 0 Å². The van der Waals surface area contributed by atoms with E-state index in [9.17, 15) is 29.0 Å². The molecule has 2 amide bonds. The average Bonchev–Trinajstić information content (AvgIpc) is 3.62. The van der Waals surface area contributed by atoms with Crippen LogP contribution in [-0.2, 0) is 14.2 Å². The Morgan fingerprint density at radius 2 is 1.72 bits per heavy atom. The number of imidazole rings is 1. The van der Waals surface area contributed by atoms with Crippen molar-refractivity contribution in [3.8, 4) is 0 Å². The molecule has 1 N–H and O–H groups in total. The summed E-state index contributed by atoms with van der Waals surface area (Å²) in [5.74, 6) is -1.24. The summed E-state index contributed by atoms with van der Waals surface area (Å²) in [5, 5.41) is 0. The van der Waals surface area contributed by atoms with Crippen LogP contribution < -0.4 is 0 Å². The molecule has 2 aromatic heterocycles. The summed E-state index contributed by atoms with van der Waals surface area (Å²) in [6.07, 6.45) is 0.0485. The first-order valence-electron chi connectivity index (χ1n) is 14.7. The number of nitrogens with one attached hydrogen (secondary N) is 1. The van der Waals surface area contributed by atoms with E-state index in [0.717, 1.165) is 18.3 Å². The number of morpholine rings is 1. The number of H-pyrrole nitrogens is 1. The number of benzene rings is 1. The van der Waals surface area contributed by atoms with Gasteiger partial charge >= 0.3 is 16.3 Å². The molecular weight excluding hydrogens is 644 g/mol. The fourth-order valence-electron chi connectivity index (χ4n) is 6.11. The summed E-state index contributed by atoms with van der Waals surface area (Å²) in [6.45, 7) is 6.28. The van der Waals surface area contributed by atoms with Crippen LogP contribution in [0, 0.1) is 5.82 Å². The maximum absolute atomic E-state index is 15.3. The largest absolute Gasteiger partial charge is 0.444 e. The van der Waals surface area contributed by atoms with E-state index in [2.05, 4.69) is 15.0 Å². The maximum Gasteiger partial charge on any atom is 0.410 e. The third kappa shape index (κ3) is 6.49. The first kappa shape index (κ1) is 32.4. The molecule has 0 saturated carbocycles. The van der Waals surface area contributed by atoms with E-state index >= 15 is 4.39 Å². The lowest BCUT2D eigenvalue weighted by Crippen LogP contribution is -2.55. The van der Waals surface area contributed by atoms with Gasteiger partial charge in [0.1, 0.15) is 39.9 Å². The highest BCUT2D eigenvalue weighted by atomic mass is 32.5. The van der Waals surface area contributed by atoms with E-state index < -0.39 is 50.7 Å². The molecule has 5 heterocycles. The number of aromatic nitrogens is 3. The number of aromatic amines is 1. The molecule has 0 aliphatic carbocycles. The van der Waals surface area contributed by atoms with Crippen LogP contribution in [0.5, 0.6) is 0 Å². The minimum Gasteiger partial charge on any atom is -0.444 e. The third-order valence-electron chi connectivity index (χ3n) is 8.29. The van der Waals surface area contributed by atoms with Crippen LogP contribution in [0.4, 0.5) is 28.6 Å². The second-order valence-electron chi connectivity index (χ2n) is 12.8. The molecule has 46 heavy (non-hydrogen) atoms. The van der Waals surface area contributed by atoms with Crippen molar-refractivity contribution in [2.45, 2.75) is 68.3 Å². The molecule has 17 heteroatoms. The second-order valence-corrected chi connectivity index (χ2v) is 15.2. The Morgan fingerprint density at radius 3 is 2.35 bits per heavy atom. The van der Waals surface area contributed by atoms with Gasteiger partial charge in [-0.1, -0.05) is 19.4 Å². The zero-order valence-electron chi connectivity index (χ0n) is 25.2. The van der Waals surface area contributed by atoms with Crippen LogP contribution in [0.15, 0.2) is 35.4 Å². The molecule has 3 atom stereocenters. The van der Waals surface area contributed by atoms with Crippen molar-refractivity contribution >= 4 is 33.4 Å². The van der Waals surface area contributed by atoms with Crippen LogP contribution in [0.2, 0.25) is 0 Å². The molecule has 0 spiro atoms. The van der Waals surface area contributed by atoms with E-state index in [1.54, 1.807) is 25.7 Å². The number of amides is 2. The number of hydrogen-bond acceptors (Lipinski definition) is 7. The predicted molar refractivity (Wildman–Crippen MR) is 155 cm³/mol. The van der Waals surface area contributed by atoms with Crippen LogP contribution in [0.1, 0.15) is 67.4 Å². The van der Waals surface area contributed by atoms with Crippen LogP contribution in [-0.4, -0.2) is 87.3 Å². The lowest BCUT2D eigenvalue weighted by atomic mass is 9.88. The Kier molecular flexibility index (Phi) is 7.37. The Hall–Kier alpha value is -3.57. The summed E-state index contributed by atoms with van der Waals surface area (Å²) < 4.78 is 98.1. The van der Waals surface area contributed by atoms with E-state index in [0.29, 0.717) is 36.5 Å². The molecule has 252 valence electrons. The lowest BCUT2D eigenvalue weighted by molar-refractivity contribution is -0.105. The molecule has 6 rings (SSSR count). The summed E-state index contributed by atoms with van der Waals surface area (Å²) in [5.41, 5.74) is 0.00409. The second kappa shape index (κ2) is 10.5. The highest BCUT2D eigenvalue weighted by Crippen LogP contribution is 3.02. The van der Waals surface area contributed by atoms with E-state index in [-0.39, 0.29) is 61.4 Å². The van der Waals surface area contributed by atoms with Crippen LogP contribution >= 0.6 is 10.2 Å². The Morgan fingerprint density at radius 1 is 1.04 bits per heavy atom. The molecule has 1 aromatic carbocycles. The molecule has 3 saturated heterocycles. The van der Waals surface area contributed by atoms with Crippen molar-refractivity contribution in [1.29, 1.82) is 0 Å². The molecule has 3 aliphatic rings. The highest BCUT2D eigenvalue weighted by molar-refractivity contribution is 8.45. The standard InChI is InChI=1S/C29H33F6N5O5S/c1-29(2,3)45-28(42)40-13-21(44-22-15-43-14-20(22)40)25-37-24-23(19(30)12-36-26(24)38-25)16-8-10-39(11-9-16)27(41)17-4-6-18(7-5-17)46(31,32,33,34)35/h4-7,12,16,20-22H,8-11,13-15H2,1-3H3,(H,36,37,38). The zero-order chi connectivity index (χ0) is 33.3. The van der Waals surface area contributed by atoms with Crippen molar-refractivity contribution in [3.05, 3.63) is 53.2 Å². The molecule has 0 bridgehead atoms. The molecule has 3 aromatic rings. The van der Waals surface area contributed by atoms with Crippen molar-refractivity contribution < 1.29 is 47.6 Å². The number of carbonyl (C=O) groups excluding carboxylic acids is 2. The number of carbonyl (C=O) groups is 2. The maximum atomic E-state index is 15.3. The fourth-order valence-corrected chi connectivity index (χ4v) is 6.76. The first-order chi connectivity index (χ1) is 21.3. The minimum atomic E-state index is -9.86. The lowest BCUT2D eigenvalue weighted by Gasteiger charge is -2.40. The topological polar surface area (TPSA) is 110 Å². The summed E-state index contributed by atoms with van der Waals surface area (Å²) in [7, 11) is -9.86. The number of nitrogens with zero attached hydrogens (tertiary/aromatic N) is 4. The van der Waals surface area contributed by atoms with Gasteiger partial charge in [-0.25, -0.2) is 19.2 Å². The van der Waals surface area contributed by atoms with Crippen molar-refractivity contribution in [1.82, 2.24) is 24.8 Å². The monoisotopic (exact) mass is 677 g/mol. The number of fused-ring (bicyclic) bond motifs is 2. The third-order valence-corrected chi connectivity index (χ3v) is 9.46. The molecule has 0 radical (unpaired) electrons. The number of halogens is 6. The van der Waals surface area contributed by atoms with Gasteiger partial charge in [-0.15, -0.1) is 0 Å². The predicted octanol–water partition coefficient (Wildman–Crippen LogP) is 6.85. The number of rotatable bonds is 4. The van der Waals surface area contributed by atoms with Crippen molar-refractivity contribution in [3.63, 3.8) is 0 Å². The van der Waals surface area contributed by atoms with Gasteiger partial charge in [-0.3, -0.25) is 9.69 Å². The first-order valence-corrected chi connectivity index (χ1v) is 16.6. The van der Waals surface area contributed by atoms with E-state index in [4.69, 9.17) is 14.2 Å². The number of likely N-dealkylation sites (tertiary alicyclic amines) is 1. The Labute approximate surface area is 260 Å². The minimum absolute atomic E-state index is 0.112. The summed E-state index contributed by atoms with van der Waals surface area (Å²) >= 11 is 0. The van der Waals surface area contributed by atoms with Gasteiger partial charge in [0.05, 0.1) is 32.0 Å². The van der Waals surface area contributed by atoms with Crippen molar-refractivity contribution in [2.75, 3.05) is 32.8 Å². The van der Waals surface area contributed by atoms with Crippen molar-refractivity contribution in [2.24, 2.45) is 0 Å². The van der Waals surface area contributed by atoms with Gasteiger partial charge in [0.15, 0.2) is 5.65 Å². The molecule has 3 unspecified atom stereocenters. The molecule has 3 fully saturated rings. The summed E-state index contributed by atoms with van der Waals surface area (Å²) in [4.78, 5) is 38.8. The van der Waals surface area contributed by atoms with E-state index in [1.807, 2.05) is 0 Å². The Bertz CT molecular complexity index is 1670. The summed E-state index contributed by atoms with van der Waals surface area (Å²) in [6, 6.07) is 1.55. The normalized spacial score (nSPS) is 24.4. The quantitative estimate of drug-likeness (QED) is 0.301. The number of pyridine rings is 1. The number of ether oxygens (including phenoxy) is 3. The van der Waals surface area contributed by atoms with Gasteiger partial charge < -0.3 is 24.1 Å². The Balaban J connectivity index is 1.19. The SMILES string of the molecule is CC(C)(C)OC(=O)N1CC(c2nc3c(C4CCN(C(=O)c5ccc(S(F)(F)(F)(F)F)cc5)CC4)c(F)cnc3[nH]2)OC2COCC21. The van der Waals surface area contributed by atoms with Gasteiger partial charge in [0, 0.05) is 24.2 Å². The van der Waals surface area contributed by atoms with Gasteiger partial charge in [-0.05, 0) is 63.8 Å². The smallest absolute Gasteiger partial charge is 0.410 e. The molecule has 10 nitrogen and oxygen atoms in total. The fraction of sp³-hybridized carbons (Fsp3) is 0.517. The average molecular weight is 678 g/mol. The number of hydrogen-bond donors (Lipinski definition) is 1. The van der Waals surface area contributed by atoms with E-state index in [1.165, 1.54) is 4.90 Å². The zero-order valence-corrected chi connectivity index (χ0v) is 26.0. The van der Waals surface area contributed by atoms with Gasteiger partial charge in [-0.2, -0.15) is 0 Å². The molecule has 3 aliphatic heterocycles. The highest BCUT2D eigenvalue weighted by Gasteiger charge is 2.65.